The first-order chi connectivity index (χ1) is 29.7. The Balaban J connectivity index is 0.000000202. The molecule has 4 heteroatoms. The molecule has 56 heavy (non-hydrogen) atoms. The highest BCUT2D eigenvalue weighted by molar-refractivity contribution is 6.05. The zero-order valence-electron chi connectivity index (χ0n) is 36.3. The van der Waals surface area contributed by atoms with Gasteiger partial charge in [-0.25, -0.2) is 0 Å². The van der Waals surface area contributed by atoms with Gasteiger partial charge in [0, 0.05) is 38.2 Å². The van der Waals surface area contributed by atoms with Gasteiger partial charge < -0.3 is 19.0 Å². The Morgan fingerprint density at radius 3 is 0.804 bits per heavy atom. The second-order valence-electron chi connectivity index (χ2n) is 12.0. The standard InChI is InChI=1S/2C12H8O.2C12H10O.4CH4/c2*1-3-7-11-9(5-1)10-6-2-4-8-12(10)13-11;2*13-12-9-5-4-8-11(12)10-6-2-1-3-7-10;;;;/h2*1-8H;2*1-9,13H;4*1H4/i;;;;4*1D. The van der Waals surface area contributed by atoms with Gasteiger partial charge in [-0.15, -0.1) is 0 Å². The number of fused-ring (bicyclic) bond motifs is 6. The summed E-state index contributed by atoms with van der Waals surface area (Å²) in [7, 11) is 5.00. The third-order valence-electron chi connectivity index (χ3n) is 8.55. The molecule has 4 nitrogen and oxygen atoms in total. The van der Waals surface area contributed by atoms with Crippen LogP contribution in [0.25, 0.3) is 66.1 Å². The minimum absolute atomic E-state index is 0.328. The van der Waals surface area contributed by atoms with Gasteiger partial charge in [-0.2, -0.15) is 0 Å². The molecule has 0 radical (unpaired) electrons. The molecule has 10 rings (SSSR count). The smallest absolute Gasteiger partial charge is 0.135 e. The topological polar surface area (TPSA) is 66.7 Å². The van der Waals surface area contributed by atoms with Crippen LogP contribution in [0.3, 0.4) is 0 Å². The Morgan fingerprint density at radius 1 is 0.286 bits per heavy atom. The molecule has 0 fully saturated rings. The molecule has 0 saturated heterocycles. The maximum Gasteiger partial charge on any atom is 0.135 e. The van der Waals surface area contributed by atoms with E-state index in [-0.39, 0.29) is 0 Å². The first-order valence-electron chi connectivity index (χ1n) is 21.0. The number of para-hydroxylation sites is 6. The average molecular weight is 745 g/mol. The summed E-state index contributed by atoms with van der Waals surface area (Å²) in [6.45, 7) is 0. The molecule has 0 spiro atoms. The first-order valence-corrected chi connectivity index (χ1v) is 17.0. The highest BCUT2D eigenvalue weighted by Gasteiger charge is 2.05. The van der Waals surface area contributed by atoms with Gasteiger partial charge in [-0.05, 0) is 47.5 Å². The van der Waals surface area contributed by atoms with E-state index in [0.29, 0.717) is 11.5 Å². The summed E-state index contributed by atoms with van der Waals surface area (Å²) < 4.78 is 34.3. The second kappa shape index (κ2) is 21.0. The van der Waals surface area contributed by atoms with E-state index in [0.717, 1.165) is 44.6 Å². The molecule has 2 N–H and O–H groups in total. The van der Waals surface area contributed by atoms with Gasteiger partial charge in [0.05, 0.1) is 0 Å². The molecular formula is C52H52O4. The van der Waals surface area contributed by atoms with Crippen LogP contribution in [0.4, 0.5) is 0 Å². The zero-order valence-corrected chi connectivity index (χ0v) is 32.3. The van der Waals surface area contributed by atoms with Crippen LogP contribution in [0.2, 0.25) is 0 Å². The number of aromatic hydroxyl groups is 2. The Labute approximate surface area is 337 Å². The van der Waals surface area contributed by atoms with Gasteiger partial charge in [-0.1, -0.05) is 199 Å². The Kier molecular flexibility index (Phi) is 14.0. The molecule has 0 unspecified atom stereocenters. The summed E-state index contributed by atoms with van der Waals surface area (Å²) in [5.41, 5.74) is 7.69. The van der Waals surface area contributed by atoms with Crippen LogP contribution < -0.4 is 0 Å². The summed E-state index contributed by atoms with van der Waals surface area (Å²) in [6.07, 6.45) is 0. The van der Waals surface area contributed by atoms with Crippen molar-refractivity contribution in [2.75, 3.05) is 0 Å². The van der Waals surface area contributed by atoms with Crippen molar-refractivity contribution in [3.05, 3.63) is 206 Å². The molecule has 0 aliphatic carbocycles. The number of benzene rings is 8. The summed E-state index contributed by atoms with van der Waals surface area (Å²) >= 11 is 0. The summed E-state index contributed by atoms with van der Waals surface area (Å²) in [5.74, 6) is 0.655. The fourth-order valence-electron chi connectivity index (χ4n) is 6.02. The molecule has 0 bridgehead atoms. The fraction of sp³-hybridized carbons (Fsp3) is 0.0769. The van der Waals surface area contributed by atoms with Crippen molar-refractivity contribution in [3.63, 3.8) is 0 Å². The van der Waals surface area contributed by atoms with E-state index in [9.17, 15) is 10.2 Å². The summed E-state index contributed by atoms with van der Waals surface area (Å²) in [4.78, 5) is 0. The van der Waals surface area contributed by atoms with Gasteiger partial charge in [-0.3, -0.25) is 0 Å². The monoisotopic (exact) mass is 744 g/mol. The summed E-state index contributed by atoms with van der Waals surface area (Å²) in [5, 5.41) is 23.9. The molecule has 0 atom stereocenters. The van der Waals surface area contributed by atoms with Crippen molar-refractivity contribution in [1.29, 1.82) is 0 Å². The van der Waals surface area contributed by atoms with Crippen molar-refractivity contribution in [2.24, 2.45) is 0 Å². The third kappa shape index (κ3) is 10.1. The van der Waals surface area contributed by atoms with Gasteiger partial charge in [0.1, 0.15) is 33.8 Å². The lowest BCUT2D eigenvalue weighted by atomic mass is 10.1. The van der Waals surface area contributed by atoms with Crippen molar-refractivity contribution in [1.82, 2.24) is 0 Å². The van der Waals surface area contributed by atoms with E-state index >= 15 is 0 Å². The largest absolute Gasteiger partial charge is 0.507 e. The van der Waals surface area contributed by atoms with Crippen LogP contribution in [-0.4, -0.2) is 10.2 Å². The number of rotatable bonds is 2. The van der Waals surface area contributed by atoms with Crippen molar-refractivity contribution in [2.45, 2.75) is 29.6 Å². The van der Waals surface area contributed by atoms with E-state index in [2.05, 4.69) is 24.3 Å². The normalized spacial score (nSPS) is 10.2. The second-order valence-corrected chi connectivity index (χ2v) is 12.0. The van der Waals surface area contributed by atoms with E-state index < -0.39 is 0 Å². The van der Waals surface area contributed by atoms with Crippen LogP contribution in [-0.2, 0) is 0 Å². The molecule has 0 amide bonds. The molecule has 2 aromatic heterocycles. The van der Waals surface area contributed by atoms with Crippen LogP contribution in [0, 0.1) is 0 Å². The molecular weight excluding hydrogens is 689 g/mol. The number of phenols is 2. The Bertz CT molecular complexity index is 2390. The van der Waals surface area contributed by atoms with E-state index in [4.69, 9.17) is 14.3 Å². The van der Waals surface area contributed by atoms with Gasteiger partial charge in [0.15, 0.2) is 0 Å². The number of hydrogen-bond acceptors (Lipinski definition) is 4. The SMILES string of the molecule is Oc1ccccc1-c1ccccc1.Oc1ccccc1-c1ccccc1.[2H]C.[2H]C.[2H]C.[2H]C.c1ccc2c(c1)oc1ccccc12.c1ccc2c(c1)oc1ccccc12. The van der Waals surface area contributed by atoms with E-state index in [1.54, 1.807) is 12.1 Å². The average Bonchev–Trinajstić information content (AvgIpc) is 3.92. The summed E-state index contributed by atoms with van der Waals surface area (Å²) in [6, 6.07) is 66.8. The zero-order chi connectivity index (χ0) is 43.5. The first kappa shape index (κ1) is 37.3. The number of furan rings is 2. The minimum Gasteiger partial charge on any atom is -0.507 e. The quantitative estimate of drug-likeness (QED) is 0.185. The lowest BCUT2D eigenvalue weighted by Crippen LogP contribution is -1.76. The highest BCUT2D eigenvalue weighted by Crippen LogP contribution is 2.30. The number of hydrogen-bond donors (Lipinski definition) is 2. The predicted octanol–water partition coefficient (Wildman–Crippen LogP) is 15.8. The van der Waals surface area contributed by atoms with Crippen LogP contribution in [0.15, 0.2) is 215 Å². The maximum absolute atomic E-state index is 9.56. The molecule has 2 heterocycles. The lowest BCUT2D eigenvalue weighted by molar-refractivity contribution is 0.477. The van der Waals surface area contributed by atoms with Crippen LogP contribution >= 0.6 is 0 Å². The third-order valence-corrected chi connectivity index (χ3v) is 8.55. The van der Waals surface area contributed by atoms with Gasteiger partial charge in [0.25, 0.3) is 0 Å². The Morgan fingerprint density at radius 2 is 0.518 bits per heavy atom. The molecule has 10 aromatic rings. The fourth-order valence-corrected chi connectivity index (χ4v) is 6.02. The Hall–Kier alpha value is -7.04. The van der Waals surface area contributed by atoms with E-state index in [1.807, 2.05) is 170 Å². The molecule has 0 aliphatic heterocycles. The molecule has 8 aromatic carbocycles. The van der Waals surface area contributed by atoms with Crippen LogP contribution in [0.1, 0.15) is 35.1 Å². The lowest BCUT2D eigenvalue weighted by Gasteiger charge is -2.02. The van der Waals surface area contributed by atoms with Crippen molar-refractivity contribution < 1.29 is 24.5 Å². The molecule has 284 valence electrons. The maximum atomic E-state index is 9.56. The number of phenolic OH excluding ortho intramolecular Hbond substituents is 2. The van der Waals surface area contributed by atoms with Crippen LogP contribution in [0.5, 0.6) is 11.5 Å². The van der Waals surface area contributed by atoms with Crippen molar-refractivity contribution >= 4 is 43.9 Å². The van der Waals surface area contributed by atoms with Gasteiger partial charge >= 0.3 is 0 Å². The molecule has 0 aliphatic rings. The van der Waals surface area contributed by atoms with Crippen molar-refractivity contribution in [3.8, 4) is 33.8 Å². The molecule has 0 saturated carbocycles. The predicted molar refractivity (Wildman–Crippen MR) is 241 cm³/mol. The van der Waals surface area contributed by atoms with E-state index in [1.165, 1.54) is 51.2 Å². The van der Waals surface area contributed by atoms with Gasteiger partial charge in [0.2, 0.25) is 0 Å². The minimum atomic E-state index is 0.328. The highest BCUT2D eigenvalue weighted by atomic mass is 16.3.